The van der Waals surface area contributed by atoms with E-state index in [1.807, 2.05) is 4.90 Å². The summed E-state index contributed by atoms with van der Waals surface area (Å²) in [5, 5.41) is 2.58. The lowest BCUT2D eigenvalue weighted by Gasteiger charge is -2.23. The molecule has 1 aromatic heterocycles. The van der Waals surface area contributed by atoms with Crippen LogP contribution in [0.15, 0.2) is 66.9 Å². The van der Waals surface area contributed by atoms with Crippen LogP contribution in [0.25, 0.3) is 0 Å². The van der Waals surface area contributed by atoms with Crippen LogP contribution in [0.5, 0.6) is 5.75 Å². The van der Waals surface area contributed by atoms with Crippen LogP contribution >= 0.6 is 0 Å². The topological polar surface area (TPSA) is 74.8 Å². The van der Waals surface area contributed by atoms with Gasteiger partial charge in [-0.1, -0.05) is 6.07 Å². The van der Waals surface area contributed by atoms with Crippen LogP contribution in [-0.2, 0) is 6.18 Å². The number of carbonyl (C=O) groups is 2. The van der Waals surface area contributed by atoms with Gasteiger partial charge < -0.3 is 19.9 Å². The molecule has 0 unspecified atom stereocenters. The fraction of sp³-hybridized carbons (Fsp3) is 0.269. The van der Waals surface area contributed by atoms with Crippen molar-refractivity contribution in [1.82, 2.24) is 9.88 Å². The van der Waals surface area contributed by atoms with Crippen molar-refractivity contribution < 1.29 is 27.5 Å². The molecule has 2 heterocycles. The molecule has 36 heavy (non-hydrogen) atoms. The quantitative estimate of drug-likeness (QED) is 0.552. The van der Waals surface area contributed by atoms with Crippen molar-refractivity contribution in [3.05, 3.63) is 83.6 Å². The highest BCUT2D eigenvalue weighted by Gasteiger charge is 2.31. The van der Waals surface area contributed by atoms with E-state index in [9.17, 15) is 22.8 Å². The molecule has 0 aliphatic carbocycles. The Hall–Kier alpha value is -4.08. The molecule has 1 fully saturated rings. The molecule has 4 rings (SSSR count). The normalized spacial score (nSPS) is 14.2. The molecule has 188 valence electrons. The van der Waals surface area contributed by atoms with E-state index in [-0.39, 0.29) is 11.5 Å². The monoisotopic (exact) mass is 498 g/mol. The summed E-state index contributed by atoms with van der Waals surface area (Å²) in [6, 6.07) is 14.7. The Labute approximate surface area is 206 Å². The minimum atomic E-state index is -4.53. The number of methoxy groups -OCH3 is 1. The highest BCUT2D eigenvalue weighted by Crippen LogP contribution is 2.29. The second kappa shape index (κ2) is 10.7. The van der Waals surface area contributed by atoms with Crippen molar-refractivity contribution in [2.75, 3.05) is 43.5 Å². The second-order valence-corrected chi connectivity index (χ2v) is 8.30. The van der Waals surface area contributed by atoms with Crippen molar-refractivity contribution >= 4 is 23.3 Å². The number of hydrogen-bond acceptors (Lipinski definition) is 5. The molecule has 0 saturated carbocycles. The molecule has 1 aliphatic rings. The fourth-order valence-corrected chi connectivity index (χ4v) is 3.95. The van der Waals surface area contributed by atoms with E-state index in [0.29, 0.717) is 49.0 Å². The van der Waals surface area contributed by atoms with E-state index in [4.69, 9.17) is 4.74 Å². The van der Waals surface area contributed by atoms with Gasteiger partial charge in [-0.3, -0.25) is 9.59 Å². The number of anilines is 2. The highest BCUT2D eigenvalue weighted by atomic mass is 19.4. The number of pyridine rings is 1. The Morgan fingerprint density at radius 1 is 0.944 bits per heavy atom. The lowest BCUT2D eigenvalue weighted by atomic mass is 10.1. The molecule has 0 radical (unpaired) electrons. The highest BCUT2D eigenvalue weighted by molar-refractivity contribution is 6.04. The molecular weight excluding hydrogens is 473 g/mol. The van der Waals surface area contributed by atoms with Crippen LogP contribution < -0.4 is 15.0 Å². The minimum Gasteiger partial charge on any atom is -0.497 e. The van der Waals surface area contributed by atoms with Gasteiger partial charge in [0.25, 0.3) is 11.8 Å². The Morgan fingerprint density at radius 3 is 2.39 bits per heavy atom. The van der Waals surface area contributed by atoms with Crippen LogP contribution in [0.1, 0.15) is 32.7 Å². The number of alkyl halides is 3. The first-order valence-electron chi connectivity index (χ1n) is 11.4. The predicted molar refractivity (Wildman–Crippen MR) is 129 cm³/mol. The number of benzene rings is 2. The molecule has 1 aliphatic heterocycles. The lowest BCUT2D eigenvalue weighted by Crippen LogP contribution is -2.35. The molecule has 2 aromatic carbocycles. The Balaban J connectivity index is 1.36. The number of amides is 2. The lowest BCUT2D eigenvalue weighted by molar-refractivity contribution is -0.137. The summed E-state index contributed by atoms with van der Waals surface area (Å²) in [5.41, 5.74) is -0.0112. The maximum absolute atomic E-state index is 12.9. The second-order valence-electron chi connectivity index (χ2n) is 8.30. The number of aromatic nitrogens is 1. The first-order chi connectivity index (χ1) is 17.2. The number of ether oxygens (including phenoxy) is 1. The van der Waals surface area contributed by atoms with Crippen molar-refractivity contribution in [3.8, 4) is 5.75 Å². The van der Waals surface area contributed by atoms with E-state index in [1.165, 1.54) is 18.3 Å². The van der Waals surface area contributed by atoms with Crippen LogP contribution in [0.2, 0.25) is 0 Å². The Kier molecular flexibility index (Phi) is 7.42. The summed E-state index contributed by atoms with van der Waals surface area (Å²) in [4.78, 5) is 33.6. The summed E-state index contributed by atoms with van der Waals surface area (Å²) >= 11 is 0. The van der Waals surface area contributed by atoms with E-state index >= 15 is 0 Å². The Bertz CT molecular complexity index is 1210. The maximum Gasteiger partial charge on any atom is 0.416 e. The number of nitrogens with zero attached hydrogens (tertiary/aromatic N) is 3. The standard InChI is InChI=1S/C26H25F3N4O3/c1-36-22-9-6-18(7-10-22)25(35)33-13-3-12-32(14-15-33)23-11-8-21(17-30-23)31-24(34)19-4-2-5-20(16-19)26(27,28)29/h2,4-11,16-17H,3,12-15H2,1H3,(H,31,34). The number of rotatable bonds is 5. The average Bonchev–Trinajstić information content (AvgIpc) is 3.15. The van der Waals surface area contributed by atoms with Gasteiger partial charge in [0.1, 0.15) is 11.6 Å². The summed E-state index contributed by atoms with van der Waals surface area (Å²) in [5.74, 6) is 0.679. The smallest absolute Gasteiger partial charge is 0.416 e. The molecule has 0 atom stereocenters. The molecule has 0 bridgehead atoms. The van der Waals surface area contributed by atoms with Gasteiger partial charge in [0.15, 0.2) is 0 Å². The third kappa shape index (κ3) is 5.94. The third-order valence-corrected chi connectivity index (χ3v) is 5.90. The third-order valence-electron chi connectivity index (χ3n) is 5.90. The first kappa shape index (κ1) is 25.0. The average molecular weight is 499 g/mol. The van der Waals surface area contributed by atoms with E-state index < -0.39 is 17.6 Å². The van der Waals surface area contributed by atoms with Crippen molar-refractivity contribution in [2.24, 2.45) is 0 Å². The summed E-state index contributed by atoms with van der Waals surface area (Å²) in [6.45, 7) is 2.44. The minimum absolute atomic E-state index is 0.0416. The summed E-state index contributed by atoms with van der Waals surface area (Å²) < 4.78 is 43.9. The Morgan fingerprint density at radius 2 is 1.72 bits per heavy atom. The van der Waals surface area contributed by atoms with Gasteiger partial charge in [-0.15, -0.1) is 0 Å². The van der Waals surface area contributed by atoms with E-state index in [0.717, 1.165) is 18.6 Å². The summed E-state index contributed by atoms with van der Waals surface area (Å²) in [7, 11) is 1.57. The van der Waals surface area contributed by atoms with Gasteiger partial charge >= 0.3 is 6.18 Å². The molecular formula is C26H25F3N4O3. The van der Waals surface area contributed by atoms with Gasteiger partial charge in [-0.2, -0.15) is 13.2 Å². The largest absolute Gasteiger partial charge is 0.497 e. The van der Waals surface area contributed by atoms with Gasteiger partial charge in [0, 0.05) is 37.3 Å². The zero-order valence-corrected chi connectivity index (χ0v) is 19.6. The van der Waals surface area contributed by atoms with Crippen molar-refractivity contribution in [2.45, 2.75) is 12.6 Å². The van der Waals surface area contributed by atoms with Crippen molar-refractivity contribution in [1.29, 1.82) is 0 Å². The van der Waals surface area contributed by atoms with Crippen LogP contribution in [-0.4, -0.2) is 55.0 Å². The number of hydrogen-bond donors (Lipinski definition) is 1. The molecule has 10 heteroatoms. The maximum atomic E-state index is 12.9. The van der Waals surface area contributed by atoms with Crippen LogP contribution in [0.4, 0.5) is 24.7 Å². The first-order valence-corrected chi connectivity index (χ1v) is 11.4. The molecule has 1 saturated heterocycles. The van der Waals surface area contributed by atoms with Gasteiger partial charge in [0.2, 0.25) is 0 Å². The molecule has 7 nitrogen and oxygen atoms in total. The van der Waals surface area contributed by atoms with Gasteiger partial charge in [-0.05, 0) is 61.0 Å². The fourth-order valence-electron chi connectivity index (χ4n) is 3.95. The number of halogens is 3. The molecule has 3 aromatic rings. The van der Waals surface area contributed by atoms with Gasteiger partial charge in [0.05, 0.1) is 24.6 Å². The summed E-state index contributed by atoms with van der Waals surface area (Å²) in [6.07, 6.45) is -2.30. The molecule has 0 spiro atoms. The zero-order chi connectivity index (χ0) is 25.7. The number of carbonyl (C=O) groups excluding carboxylic acids is 2. The number of nitrogens with one attached hydrogen (secondary N) is 1. The molecule has 1 N–H and O–H groups in total. The van der Waals surface area contributed by atoms with Crippen LogP contribution in [0, 0.1) is 0 Å². The zero-order valence-electron chi connectivity index (χ0n) is 19.6. The van der Waals surface area contributed by atoms with Gasteiger partial charge in [-0.25, -0.2) is 4.98 Å². The van der Waals surface area contributed by atoms with Crippen molar-refractivity contribution in [3.63, 3.8) is 0 Å². The molecule has 2 amide bonds. The SMILES string of the molecule is COc1ccc(C(=O)N2CCCN(c3ccc(NC(=O)c4cccc(C(F)(F)F)c4)cn3)CC2)cc1. The van der Waals surface area contributed by atoms with E-state index in [2.05, 4.69) is 15.2 Å². The van der Waals surface area contributed by atoms with Crippen LogP contribution in [0.3, 0.4) is 0 Å². The van der Waals surface area contributed by atoms with E-state index in [1.54, 1.807) is 43.5 Å². The predicted octanol–water partition coefficient (Wildman–Crippen LogP) is 4.71.